The van der Waals surface area contributed by atoms with Crippen LogP contribution in [0.4, 0.5) is 0 Å². The van der Waals surface area contributed by atoms with Gasteiger partial charge in [-0.15, -0.1) is 0 Å². The first-order valence-electron chi connectivity index (χ1n) is 2.50. The van der Waals surface area contributed by atoms with E-state index in [9.17, 15) is 0 Å². The second-order valence-electron chi connectivity index (χ2n) is 1.55. The molecule has 0 fully saturated rings. The van der Waals surface area contributed by atoms with Crippen LogP contribution in [0.2, 0.25) is 0 Å². The molecule has 0 atom stereocenters. The molecular formula is C7H7Se. The fourth-order valence-corrected chi connectivity index (χ4v) is 0.942. The maximum atomic E-state index is 3.10. The summed E-state index contributed by atoms with van der Waals surface area (Å²) in [6.07, 6.45) is 0. The van der Waals surface area contributed by atoms with Crippen molar-refractivity contribution in [3.8, 4) is 0 Å². The van der Waals surface area contributed by atoms with E-state index in [0.717, 1.165) is 5.32 Å². The van der Waals surface area contributed by atoms with Crippen molar-refractivity contribution in [1.29, 1.82) is 0 Å². The Morgan fingerprint density at radius 3 is 2.75 bits per heavy atom. The van der Waals surface area contributed by atoms with Crippen molar-refractivity contribution < 1.29 is 0 Å². The molecule has 0 aliphatic heterocycles. The second-order valence-corrected chi connectivity index (χ2v) is 2.21. The first-order chi connectivity index (χ1) is 3.93. The minimum absolute atomic E-state index is 1.02. The van der Waals surface area contributed by atoms with Crippen molar-refractivity contribution in [2.45, 2.75) is 5.32 Å². The van der Waals surface area contributed by atoms with Crippen LogP contribution in [0.25, 0.3) is 0 Å². The molecule has 1 heteroatoms. The first kappa shape index (κ1) is 5.87. The van der Waals surface area contributed by atoms with E-state index in [1.807, 2.05) is 18.2 Å². The topological polar surface area (TPSA) is 0 Å². The average molecular weight is 170 g/mol. The van der Waals surface area contributed by atoms with Gasteiger partial charge >= 0.3 is 57.2 Å². The standard InChI is InChI=1S/C7H7Se/c8-6-7-4-2-1-3-5-7/h1-4,8H,6H2. The summed E-state index contributed by atoms with van der Waals surface area (Å²) in [6, 6.07) is 11.1. The van der Waals surface area contributed by atoms with Gasteiger partial charge in [-0.05, 0) is 0 Å². The minimum atomic E-state index is 1.02. The quantitative estimate of drug-likeness (QED) is 0.549. The molecule has 0 aromatic heterocycles. The Kier molecular flexibility index (Phi) is 2.13. The van der Waals surface area contributed by atoms with Crippen LogP contribution in [0.15, 0.2) is 24.3 Å². The van der Waals surface area contributed by atoms with E-state index in [0.29, 0.717) is 0 Å². The van der Waals surface area contributed by atoms with E-state index in [2.05, 4.69) is 28.1 Å². The summed E-state index contributed by atoms with van der Waals surface area (Å²) in [4.78, 5) is 0. The fourth-order valence-electron chi connectivity index (χ4n) is 0.529. The summed E-state index contributed by atoms with van der Waals surface area (Å²) in [7, 11) is 0. The Morgan fingerprint density at radius 2 is 2.38 bits per heavy atom. The molecule has 0 N–H and O–H groups in total. The van der Waals surface area contributed by atoms with Crippen molar-refractivity contribution in [1.82, 2.24) is 0 Å². The molecule has 0 saturated heterocycles. The van der Waals surface area contributed by atoms with Crippen molar-refractivity contribution in [2.75, 3.05) is 0 Å². The summed E-state index contributed by atoms with van der Waals surface area (Å²) in [6.45, 7) is 0. The van der Waals surface area contributed by atoms with Gasteiger partial charge < -0.3 is 0 Å². The van der Waals surface area contributed by atoms with E-state index < -0.39 is 0 Å². The molecule has 0 heterocycles. The van der Waals surface area contributed by atoms with Crippen LogP contribution >= 0.6 is 0 Å². The normalized spacial score (nSPS) is 9.12. The number of rotatable bonds is 1. The van der Waals surface area contributed by atoms with Gasteiger partial charge in [0, 0.05) is 0 Å². The number of hydrogen-bond donors (Lipinski definition) is 0. The summed E-state index contributed by atoms with van der Waals surface area (Å²) < 4.78 is 0. The SMILES string of the molecule is [SeH]Cc1[c]cccc1. The third-order valence-electron chi connectivity index (χ3n) is 0.944. The van der Waals surface area contributed by atoms with Crippen molar-refractivity contribution in [3.05, 3.63) is 35.9 Å². The monoisotopic (exact) mass is 171 g/mol. The van der Waals surface area contributed by atoms with Gasteiger partial charge in [0.15, 0.2) is 0 Å². The van der Waals surface area contributed by atoms with Crippen LogP contribution in [0.3, 0.4) is 0 Å². The van der Waals surface area contributed by atoms with Gasteiger partial charge in [0.25, 0.3) is 0 Å². The molecule has 0 bridgehead atoms. The first-order valence-corrected chi connectivity index (χ1v) is 3.82. The average Bonchev–Trinajstić information content (AvgIpc) is 1.90. The fraction of sp³-hybridized carbons (Fsp3) is 0.143. The predicted molar refractivity (Wildman–Crippen MR) is 36.1 cm³/mol. The van der Waals surface area contributed by atoms with E-state index in [4.69, 9.17) is 0 Å². The molecule has 0 aliphatic carbocycles. The molecule has 41 valence electrons. The molecule has 0 aliphatic rings. The Hall–Kier alpha value is -0.261. The predicted octanol–water partition coefficient (Wildman–Crippen LogP) is 0.888. The van der Waals surface area contributed by atoms with Crippen LogP contribution in [0.1, 0.15) is 5.56 Å². The Morgan fingerprint density at radius 1 is 1.50 bits per heavy atom. The van der Waals surface area contributed by atoms with Crippen molar-refractivity contribution in [2.24, 2.45) is 0 Å². The zero-order valence-electron chi connectivity index (χ0n) is 4.46. The molecule has 0 unspecified atom stereocenters. The Bertz CT molecular complexity index is 146. The summed E-state index contributed by atoms with van der Waals surface area (Å²) >= 11 is 2.53. The van der Waals surface area contributed by atoms with Crippen LogP contribution in [-0.4, -0.2) is 16.0 Å². The van der Waals surface area contributed by atoms with E-state index >= 15 is 0 Å². The van der Waals surface area contributed by atoms with Gasteiger partial charge in [-0.25, -0.2) is 0 Å². The summed E-state index contributed by atoms with van der Waals surface area (Å²) in [5.74, 6) is 0. The summed E-state index contributed by atoms with van der Waals surface area (Å²) in [5, 5.41) is 1.02. The van der Waals surface area contributed by atoms with Crippen LogP contribution in [-0.2, 0) is 5.32 Å². The molecule has 1 radical (unpaired) electrons. The van der Waals surface area contributed by atoms with Crippen molar-refractivity contribution >= 4 is 16.0 Å². The number of benzene rings is 1. The van der Waals surface area contributed by atoms with Crippen LogP contribution in [0.5, 0.6) is 0 Å². The third kappa shape index (κ3) is 1.36. The third-order valence-corrected chi connectivity index (χ3v) is 1.66. The molecule has 8 heavy (non-hydrogen) atoms. The zero-order valence-corrected chi connectivity index (χ0v) is 6.34. The van der Waals surface area contributed by atoms with Gasteiger partial charge in [-0.3, -0.25) is 0 Å². The van der Waals surface area contributed by atoms with Gasteiger partial charge in [-0.2, -0.15) is 0 Å². The molecule has 1 rings (SSSR count). The van der Waals surface area contributed by atoms with E-state index in [-0.39, 0.29) is 0 Å². The maximum absolute atomic E-state index is 3.10. The molecule has 0 saturated carbocycles. The molecule has 1 aromatic rings. The van der Waals surface area contributed by atoms with Crippen LogP contribution in [0, 0.1) is 6.07 Å². The summed E-state index contributed by atoms with van der Waals surface area (Å²) in [5.41, 5.74) is 1.26. The molecule has 0 nitrogen and oxygen atoms in total. The Labute approximate surface area is 57.7 Å². The van der Waals surface area contributed by atoms with Gasteiger partial charge in [-0.1, -0.05) is 0 Å². The van der Waals surface area contributed by atoms with Gasteiger partial charge in [0.1, 0.15) is 0 Å². The number of hydrogen-bond acceptors (Lipinski definition) is 0. The van der Waals surface area contributed by atoms with E-state index in [1.54, 1.807) is 0 Å². The van der Waals surface area contributed by atoms with Gasteiger partial charge in [0.05, 0.1) is 0 Å². The molecule has 1 aromatic carbocycles. The molecule has 0 amide bonds. The molecule has 0 spiro atoms. The Balaban J connectivity index is 2.83. The van der Waals surface area contributed by atoms with Gasteiger partial charge in [0.2, 0.25) is 0 Å². The van der Waals surface area contributed by atoms with E-state index in [1.165, 1.54) is 5.56 Å². The zero-order chi connectivity index (χ0) is 5.82. The molecular weight excluding hydrogens is 163 g/mol. The van der Waals surface area contributed by atoms with Crippen LogP contribution < -0.4 is 0 Å². The second kappa shape index (κ2) is 2.91. The van der Waals surface area contributed by atoms with Crippen molar-refractivity contribution in [3.63, 3.8) is 0 Å².